The first-order chi connectivity index (χ1) is 15.6. The quantitative estimate of drug-likeness (QED) is 0.718. The van der Waals surface area contributed by atoms with Gasteiger partial charge in [-0.3, -0.25) is 19.5 Å². The molecule has 2 aromatic heterocycles. The third-order valence-electron chi connectivity index (χ3n) is 5.93. The molecule has 9 heteroatoms. The van der Waals surface area contributed by atoms with Crippen molar-refractivity contribution >= 4 is 11.6 Å². The number of hydrogen-bond acceptors (Lipinski definition) is 6. The van der Waals surface area contributed by atoms with E-state index in [4.69, 9.17) is 4.11 Å². The molecular weight excluding hydrogens is 387 g/mol. The Morgan fingerprint density at radius 1 is 1.33 bits per heavy atom. The highest BCUT2D eigenvalue weighted by molar-refractivity contribution is 5.92. The molecule has 4 rings (SSSR count). The van der Waals surface area contributed by atoms with Crippen molar-refractivity contribution in [2.75, 3.05) is 44.6 Å². The average Bonchev–Trinajstić information content (AvgIpc) is 2.74. The zero-order chi connectivity index (χ0) is 23.8. The molecule has 1 saturated heterocycles. The highest BCUT2D eigenvalue weighted by Gasteiger charge is 2.26. The molecule has 160 valence electrons. The van der Waals surface area contributed by atoms with Crippen LogP contribution in [0.25, 0.3) is 0 Å². The molecule has 2 N–H and O–H groups in total. The third kappa shape index (κ3) is 4.21. The molecule has 8 nitrogen and oxygen atoms in total. The fourth-order valence-electron chi connectivity index (χ4n) is 4.27. The summed E-state index contributed by atoms with van der Waals surface area (Å²) in [5.74, 6) is -1.30. The van der Waals surface area contributed by atoms with Gasteiger partial charge in [-0.2, -0.15) is 4.39 Å². The summed E-state index contributed by atoms with van der Waals surface area (Å²) < 4.78 is 35.8. The van der Waals surface area contributed by atoms with Gasteiger partial charge in [-0.15, -0.1) is 0 Å². The van der Waals surface area contributed by atoms with Crippen molar-refractivity contribution in [3.05, 3.63) is 51.2 Å². The molecule has 0 unspecified atom stereocenters. The summed E-state index contributed by atoms with van der Waals surface area (Å²) in [4.78, 5) is 39.1. The highest BCUT2D eigenvalue weighted by atomic mass is 19.1. The van der Waals surface area contributed by atoms with E-state index < -0.39 is 18.8 Å². The molecule has 2 aliphatic rings. The predicted molar refractivity (Wildman–Crippen MR) is 111 cm³/mol. The largest absolute Gasteiger partial charge is 0.365 e. The molecular formula is C21H27FN6O2. The van der Waals surface area contributed by atoms with E-state index in [2.05, 4.69) is 19.9 Å². The smallest absolute Gasteiger partial charge is 0.269 e. The molecule has 0 spiro atoms. The number of aromatic amines is 1. The van der Waals surface area contributed by atoms with Crippen LogP contribution in [-0.2, 0) is 12.8 Å². The maximum Gasteiger partial charge on any atom is 0.269 e. The van der Waals surface area contributed by atoms with Crippen LogP contribution < -0.4 is 15.8 Å². The molecule has 2 aromatic rings. The lowest BCUT2D eigenvalue weighted by atomic mass is 9.88. The summed E-state index contributed by atoms with van der Waals surface area (Å²) >= 11 is 0. The Kier molecular flexibility index (Phi) is 4.80. The van der Waals surface area contributed by atoms with Gasteiger partial charge in [0.05, 0.1) is 11.4 Å². The van der Waals surface area contributed by atoms with Crippen molar-refractivity contribution in [2.24, 2.45) is 5.92 Å². The van der Waals surface area contributed by atoms with Crippen LogP contribution in [0, 0.1) is 18.8 Å². The number of nitrogens with zero attached hydrogens (tertiary/aromatic N) is 4. The summed E-state index contributed by atoms with van der Waals surface area (Å²) in [6, 6.07) is 2.80. The van der Waals surface area contributed by atoms with Gasteiger partial charge < -0.3 is 15.2 Å². The second-order valence-corrected chi connectivity index (χ2v) is 7.93. The molecule has 0 aromatic carbocycles. The number of aromatic nitrogens is 3. The molecule has 0 saturated carbocycles. The number of amides is 1. The van der Waals surface area contributed by atoms with E-state index >= 15 is 0 Å². The summed E-state index contributed by atoms with van der Waals surface area (Å²) in [6.45, 7) is 2.70. The van der Waals surface area contributed by atoms with E-state index in [1.165, 1.54) is 12.1 Å². The standard InChI is InChI=1S/C21H27FN6O2/c1-13-20(29)26-17-11-14(3-4-15(17)24-13)12-27-7-9-28(10-8-27)18-6-5-16(21(30)23-2)25-19(18)22/h5-6,14H,3-4,7-12H2,1-2H3,(H,23,30)(H,26,29)/t14-/m0/s1/i2D3. The monoisotopic (exact) mass is 417 g/mol. The van der Waals surface area contributed by atoms with E-state index in [1.54, 1.807) is 12.2 Å². The minimum atomic E-state index is -2.66. The Hall–Kier alpha value is -2.81. The van der Waals surface area contributed by atoms with Crippen LogP contribution in [0.3, 0.4) is 0 Å². The number of aryl methyl sites for hydroxylation is 2. The molecule has 1 fully saturated rings. The number of nitrogens with one attached hydrogen (secondary N) is 2. The number of H-pyrrole nitrogens is 1. The topological polar surface area (TPSA) is 94.2 Å². The predicted octanol–water partition coefficient (Wildman–Crippen LogP) is 0.899. The van der Waals surface area contributed by atoms with Gasteiger partial charge in [0.15, 0.2) is 0 Å². The first-order valence-electron chi connectivity index (χ1n) is 11.6. The first-order valence-corrected chi connectivity index (χ1v) is 10.1. The van der Waals surface area contributed by atoms with Crippen LogP contribution in [0.2, 0.25) is 0 Å². The molecule has 30 heavy (non-hydrogen) atoms. The van der Waals surface area contributed by atoms with Crippen LogP contribution in [0.1, 0.15) is 38.1 Å². The summed E-state index contributed by atoms with van der Waals surface area (Å²) in [7, 11) is 0. The van der Waals surface area contributed by atoms with Gasteiger partial charge >= 0.3 is 0 Å². The minimum Gasteiger partial charge on any atom is -0.365 e. The van der Waals surface area contributed by atoms with E-state index in [1.807, 2.05) is 4.90 Å². The van der Waals surface area contributed by atoms with E-state index in [0.717, 1.165) is 50.3 Å². The van der Waals surface area contributed by atoms with Crippen molar-refractivity contribution in [1.29, 1.82) is 0 Å². The average molecular weight is 418 g/mol. The SMILES string of the molecule is [2H]C([2H])([2H])NC(=O)c1ccc(N2CCN(C[C@H]3CCc4nc(C)c(=O)[nH]c4C3)CC2)c(F)n1. The van der Waals surface area contributed by atoms with Crippen LogP contribution in [0.4, 0.5) is 10.1 Å². The van der Waals surface area contributed by atoms with Gasteiger partial charge in [0, 0.05) is 49.5 Å². The summed E-state index contributed by atoms with van der Waals surface area (Å²) in [5, 5.41) is 1.81. The van der Waals surface area contributed by atoms with Crippen LogP contribution >= 0.6 is 0 Å². The maximum atomic E-state index is 14.6. The molecule has 1 aliphatic carbocycles. The second-order valence-electron chi connectivity index (χ2n) is 7.93. The van der Waals surface area contributed by atoms with Gasteiger partial charge in [0.2, 0.25) is 5.95 Å². The second kappa shape index (κ2) is 8.51. The first kappa shape index (κ1) is 16.9. The fraction of sp³-hybridized carbons (Fsp3) is 0.524. The number of carbonyl (C=O) groups is 1. The molecule has 3 heterocycles. The summed E-state index contributed by atoms with van der Waals surface area (Å²) in [6.07, 6.45) is 2.68. The van der Waals surface area contributed by atoms with Gasteiger partial charge in [-0.25, -0.2) is 4.98 Å². The molecule has 0 radical (unpaired) electrons. The van der Waals surface area contributed by atoms with Gasteiger partial charge in [0.25, 0.3) is 11.5 Å². The zero-order valence-electron chi connectivity index (χ0n) is 19.9. The van der Waals surface area contributed by atoms with Crippen molar-refractivity contribution in [3.8, 4) is 0 Å². The lowest BCUT2D eigenvalue weighted by Crippen LogP contribution is -2.48. The number of rotatable bonds is 4. The van der Waals surface area contributed by atoms with E-state index in [9.17, 15) is 14.0 Å². The Labute approximate surface area is 178 Å². The number of carbonyl (C=O) groups excluding carboxylic acids is 1. The lowest BCUT2D eigenvalue weighted by molar-refractivity contribution is 0.0957. The Morgan fingerprint density at radius 3 is 2.87 bits per heavy atom. The third-order valence-corrected chi connectivity index (χ3v) is 5.93. The van der Waals surface area contributed by atoms with Crippen molar-refractivity contribution in [3.63, 3.8) is 0 Å². The molecule has 1 atom stereocenters. The van der Waals surface area contributed by atoms with Crippen LogP contribution in [-0.4, -0.2) is 65.5 Å². The van der Waals surface area contributed by atoms with Crippen LogP contribution in [0.5, 0.6) is 0 Å². The minimum absolute atomic E-state index is 0.124. The van der Waals surface area contributed by atoms with Crippen LogP contribution in [0.15, 0.2) is 16.9 Å². The van der Waals surface area contributed by atoms with Gasteiger partial charge in [-0.05, 0) is 44.2 Å². The normalized spacial score (nSPS) is 21.3. The van der Waals surface area contributed by atoms with Crippen molar-refractivity contribution in [1.82, 2.24) is 25.2 Å². The molecule has 0 bridgehead atoms. The maximum absolute atomic E-state index is 14.6. The Morgan fingerprint density at radius 2 is 2.13 bits per heavy atom. The highest BCUT2D eigenvalue weighted by Crippen LogP contribution is 2.25. The fourth-order valence-corrected chi connectivity index (χ4v) is 4.27. The van der Waals surface area contributed by atoms with Crippen molar-refractivity contribution < 1.29 is 13.3 Å². The number of anilines is 1. The van der Waals surface area contributed by atoms with E-state index in [0.29, 0.717) is 30.4 Å². The molecule has 1 aliphatic heterocycles. The van der Waals surface area contributed by atoms with E-state index in [-0.39, 0.29) is 11.3 Å². The number of piperazine rings is 1. The van der Waals surface area contributed by atoms with Crippen molar-refractivity contribution in [2.45, 2.75) is 26.2 Å². The Bertz CT molecular complexity index is 1100. The lowest BCUT2D eigenvalue weighted by Gasteiger charge is -2.38. The number of fused-ring (bicyclic) bond motifs is 1. The summed E-state index contributed by atoms with van der Waals surface area (Å²) in [5.41, 5.74) is 2.34. The van der Waals surface area contributed by atoms with Gasteiger partial charge in [0.1, 0.15) is 11.4 Å². The molecule has 1 amide bonds. The number of hydrogen-bond donors (Lipinski definition) is 2. The van der Waals surface area contributed by atoms with Gasteiger partial charge in [-0.1, -0.05) is 0 Å². The Balaban J connectivity index is 1.32. The zero-order valence-corrected chi connectivity index (χ0v) is 16.9. The number of pyridine rings is 1. The number of halogens is 1.